The summed E-state index contributed by atoms with van der Waals surface area (Å²) in [6, 6.07) is 9.13. The van der Waals surface area contributed by atoms with E-state index >= 15 is 0 Å². The minimum absolute atomic E-state index is 0.0387. The van der Waals surface area contributed by atoms with Gasteiger partial charge in [-0.2, -0.15) is 0 Å². The molecule has 0 fully saturated rings. The number of ether oxygens (including phenoxy) is 2. The number of benzene rings is 1. The molecule has 6 heteroatoms. The summed E-state index contributed by atoms with van der Waals surface area (Å²) in [6.07, 6.45) is 4.69. The minimum atomic E-state index is -0.509. The van der Waals surface area contributed by atoms with Gasteiger partial charge < -0.3 is 15.2 Å². The predicted molar refractivity (Wildman–Crippen MR) is 97.5 cm³/mol. The zero-order valence-electron chi connectivity index (χ0n) is 14.8. The maximum absolute atomic E-state index is 11.8. The Labute approximate surface area is 148 Å². The number of nitrogen functional groups attached to an aromatic ring is 1. The van der Waals surface area contributed by atoms with Crippen molar-refractivity contribution in [1.29, 1.82) is 0 Å². The summed E-state index contributed by atoms with van der Waals surface area (Å²) < 4.78 is 10.7. The highest BCUT2D eigenvalue weighted by molar-refractivity contribution is 5.88. The fourth-order valence-corrected chi connectivity index (χ4v) is 2.36. The first-order valence-electron chi connectivity index (χ1n) is 8.69. The molecule has 0 radical (unpaired) electrons. The summed E-state index contributed by atoms with van der Waals surface area (Å²) in [7, 11) is 0. The molecule has 0 aliphatic carbocycles. The Morgan fingerprint density at radius 2 is 1.84 bits per heavy atom. The smallest absolute Gasteiger partial charge is 0.357 e. The number of hydrogen-bond acceptors (Lipinski definition) is 6. The van der Waals surface area contributed by atoms with Gasteiger partial charge in [0, 0.05) is 5.56 Å². The van der Waals surface area contributed by atoms with Crippen molar-refractivity contribution < 1.29 is 14.3 Å². The number of carbonyl (C=O) groups excluding carboxylic acids is 1. The number of esters is 1. The standard InChI is InChI=1S/C19H25N3O3/c1-3-5-6-7-12-25-15-10-8-14(9-11-15)16-13-17(18(23)24-4-2)22-19(20)21-16/h8-11,13H,3-7,12H2,1-2H3,(H2,20,21,22). The molecule has 0 aliphatic heterocycles. The average Bonchev–Trinajstić information content (AvgIpc) is 2.62. The Bertz CT molecular complexity index is 687. The van der Waals surface area contributed by atoms with E-state index in [-0.39, 0.29) is 18.2 Å². The lowest BCUT2D eigenvalue weighted by Crippen LogP contribution is -2.10. The lowest BCUT2D eigenvalue weighted by Gasteiger charge is -2.08. The molecule has 0 amide bonds. The molecule has 2 aromatic rings. The van der Waals surface area contributed by atoms with E-state index in [4.69, 9.17) is 15.2 Å². The summed E-state index contributed by atoms with van der Waals surface area (Å²) in [5.41, 5.74) is 7.27. The number of nitrogens with zero attached hydrogens (tertiary/aromatic N) is 2. The summed E-state index contributed by atoms with van der Waals surface area (Å²) in [6.45, 7) is 4.92. The summed E-state index contributed by atoms with van der Waals surface area (Å²) in [4.78, 5) is 20.0. The zero-order chi connectivity index (χ0) is 18.1. The van der Waals surface area contributed by atoms with Gasteiger partial charge in [0.25, 0.3) is 0 Å². The lowest BCUT2D eigenvalue weighted by molar-refractivity contribution is 0.0519. The molecule has 6 nitrogen and oxygen atoms in total. The number of carbonyl (C=O) groups is 1. The maximum Gasteiger partial charge on any atom is 0.357 e. The highest BCUT2D eigenvalue weighted by atomic mass is 16.5. The molecule has 1 heterocycles. The van der Waals surface area contributed by atoms with E-state index in [0.717, 1.165) is 17.7 Å². The van der Waals surface area contributed by atoms with Gasteiger partial charge in [-0.1, -0.05) is 26.2 Å². The van der Waals surface area contributed by atoms with Gasteiger partial charge in [0.15, 0.2) is 5.69 Å². The molecule has 0 saturated carbocycles. The van der Waals surface area contributed by atoms with Crippen LogP contribution in [0.5, 0.6) is 5.75 Å². The van der Waals surface area contributed by atoms with E-state index in [2.05, 4.69) is 16.9 Å². The molecule has 0 unspecified atom stereocenters. The molecule has 1 aromatic carbocycles. The number of rotatable bonds is 9. The number of anilines is 1. The van der Waals surface area contributed by atoms with Crippen molar-refractivity contribution in [3.63, 3.8) is 0 Å². The summed E-state index contributed by atoms with van der Waals surface area (Å²) >= 11 is 0. The van der Waals surface area contributed by atoms with Crippen LogP contribution < -0.4 is 10.5 Å². The van der Waals surface area contributed by atoms with Gasteiger partial charge in [0.05, 0.1) is 18.9 Å². The third-order valence-corrected chi connectivity index (χ3v) is 3.64. The molecule has 0 aliphatic rings. The van der Waals surface area contributed by atoms with E-state index in [1.165, 1.54) is 19.3 Å². The van der Waals surface area contributed by atoms with Crippen molar-refractivity contribution in [1.82, 2.24) is 9.97 Å². The molecule has 0 spiro atoms. The van der Waals surface area contributed by atoms with Gasteiger partial charge in [-0.3, -0.25) is 0 Å². The first-order chi connectivity index (χ1) is 12.1. The normalized spacial score (nSPS) is 10.5. The van der Waals surface area contributed by atoms with Gasteiger partial charge in [-0.25, -0.2) is 14.8 Å². The van der Waals surface area contributed by atoms with E-state index in [1.54, 1.807) is 13.0 Å². The van der Waals surface area contributed by atoms with Crippen LogP contribution >= 0.6 is 0 Å². The van der Waals surface area contributed by atoms with Crippen molar-refractivity contribution in [2.75, 3.05) is 18.9 Å². The van der Waals surface area contributed by atoms with Crippen molar-refractivity contribution in [3.8, 4) is 17.0 Å². The van der Waals surface area contributed by atoms with E-state index in [9.17, 15) is 4.79 Å². The second-order valence-electron chi connectivity index (χ2n) is 5.65. The molecule has 0 bridgehead atoms. The first-order valence-corrected chi connectivity index (χ1v) is 8.69. The number of nitrogens with two attached hydrogens (primary N) is 1. The third-order valence-electron chi connectivity index (χ3n) is 3.64. The van der Waals surface area contributed by atoms with Crippen LogP contribution in [0.15, 0.2) is 30.3 Å². The molecule has 2 rings (SSSR count). The van der Waals surface area contributed by atoms with Crippen LogP contribution in [0.4, 0.5) is 5.95 Å². The second-order valence-corrected chi connectivity index (χ2v) is 5.65. The quantitative estimate of drug-likeness (QED) is 0.549. The van der Waals surface area contributed by atoms with Crippen LogP contribution in [0.1, 0.15) is 50.0 Å². The largest absolute Gasteiger partial charge is 0.494 e. The number of unbranched alkanes of at least 4 members (excludes halogenated alkanes) is 3. The van der Waals surface area contributed by atoms with Crippen LogP contribution in [0, 0.1) is 0 Å². The third kappa shape index (κ3) is 5.74. The Kier molecular flexibility index (Phi) is 7.19. The van der Waals surface area contributed by atoms with E-state index in [0.29, 0.717) is 12.3 Å². The Balaban J connectivity index is 2.05. The molecule has 134 valence electrons. The Morgan fingerprint density at radius 3 is 2.52 bits per heavy atom. The summed E-state index contributed by atoms with van der Waals surface area (Å²) in [5, 5.41) is 0. The molecule has 2 N–H and O–H groups in total. The van der Waals surface area contributed by atoms with Crippen LogP contribution in [0.25, 0.3) is 11.3 Å². The van der Waals surface area contributed by atoms with Crippen LogP contribution in [-0.4, -0.2) is 29.2 Å². The highest BCUT2D eigenvalue weighted by Gasteiger charge is 2.12. The fraction of sp³-hybridized carbons (Fsp3) is 0.421. The second kappa shape index (κ2) is 9.61. The average molecular weight is 343 g/mol. The van der Waals surface area contributed by atoms with Crippen molar-refractivity contribution >= 4 is 11.9 Å². The first kappa shape index (κ1) is 18.7. The number of aromatic nitrogens is 2. The van der Waals surface area contributed by atoms with Crippen LogP contribution in [0.2, 0.25) is 0 Å². The molecule has 25 heavy (non-hydrogen) atoms. The van der Waals surface area contributed by atoms with E-state index < -0.39 is 5.97 Å². The van der Waals surface area contributed by atoms with Crippen molar-refractivity contribution in [2.24, 2.45) is 0 Å². The van der Waals surface area contributed by atoms with Gasteiger partial charge in [0.1, 0.15) is 5.75 Å². The minimum Gasteiger partial charge on any atom is -0.494 e. The lowest BCUT2D eigenvalue weighted by atomic mass is 10.1. The molecular formula is C19H25N3O3. The topological polar surface area (TPSA) is 87.3 Å². The van der Waals surface area contributed by atoms with Gasteiger partial charge >= 0.3 is 5.97 Å². The fourth-order valence-electron chi connectivity index (χ4n) is 2.36. The van der Waals surface area contributed by atoms with Gasteiger partial charge in [-0.15, -0.1) is 0 Å². The molecule has 0 atom stereocenters. The van der Waals surface area contributed by atoms with Crippen molar-refractivity contribution in [2.45, 2.75) is 39.5 Å². The maximum atomic E-state index is 11.8. The van der Waals surface area contributed by atoms with Gasteiger partial charge in [0.2, 0.25) is 5.95 Å². The highest BCUT2D eigenvalue weighted by Crippen LogP contribution is 2.22. The molecule has 1 aromatic heterocycles. The van der Waals surface area contributed by atoms with Gasteiger partial charge in [-0.05, 0) is 43.7 Å². The predicted octanol–water partition coefficient (Wildman–Crippen LogP) is 3.86. The monoisotopic (exact) mass is 343 g/mol. The van der Waals surface area contributed by atoms with Crippen LogP contribution in [-0.2, 0) is 4.74 Å². The van der Waals surface area contributed by atoms with Crippen LogP contribution in [0.3, 0.4) is 0 Å². The van der Waals surface area contributed by atoms with Crippen molar-refractivity contribution in [3.05, 3.63) is 36.0 Å². The Morgan fingerprint density at radius 1 is 1.08 bits per heavy atom. The Hall–Kier alpha value is -2.63. The van der Waals surface area contributed by atoms with E-state index in [1.807, 2.05) is 24.3 Å². The molecule has 0 saturated heterocycles. The number of hydrogen-bond donors (Lipinski definition) is 1. The SMILES string of the molecule is CCCCCCOc1ccc(-c2cc(C(=O)OCC)nc(N)n2)cc1. The molecular weight excluding hydrogens is 318 g/mol. The summed E-state index contributed by atoms with van der Waals surface area (Å²) in [5.74, 6) is 0.342. The zero-order valence-corrected chi connectivity index (χ0v) is 14.8.